The highest BCUT2D eigenvalue weighted by molar-refractivity contribution is 9.10. The molecule has 2 aliphatic rings. The van der Waals surface area contributed by atoms with E-state index in [4.69, 9.17) is 0 Å². The van der Waals surface area contributed by atoms with Crippen molar-refractivity contribution in [2.45, 2.75) is 38.3 Å². The number of hydrogen-bond donors (Lipinski definition) is 1. The summed E-state index contributed by atoms with van der Waals surface area (Å²) in [5, 5.41) is 11.1. The summed E-state index contributed by atoms with van der Waals surface area (Å²) in [5.74, 6) is -1.17. The van der Waals surface area contributed by atoms with Gasteiger partial charge in [0.25, 0.3) is 15.9 Å². The number of sulfonamides is 1. The molecule has 0 unspecified atom stereocenters. The predicted octanol–water partition coefficient (Wildman–Crippen LogP) is 4.35. The van der Waals surface area contributed by atoms with Gasteiger partial charge in [-0.2, -0.15) is 12.8 Å². The Morgan fingerprint density at radius 1 is 1.19 bits per heavy atom. The number of carbonyl (C=O) groups excluding carboxylic acids is 1. The van der Waals surface area contributed by atoms with Crippen LogP contribution in [0.1, 0.15) is 31.9 Å². The first kappa shape index (κ1) is 21.7. The Kier molecular flexibility index (Phi) is 5.09. The molecule has 0 aromatic heterocycles. The SMILES string of the molecule is CC(C)(C)[C@H]1C(O)=C(C2=NS(=O)(=O)c3ccccc32)C(=O)N1Cc1ccc(F)c(Br)c1. The lowest BCUT2D eigenvalue weighted by Crippen LogP contribution is -2.43. The average Bonchev–Trinajstić information content (AvgIpc) is 3.08. The standard InChI is InChI=1S/C22H20BrFN2O4S/c1-22(2,3)20-19(27)17(18-13-6-4-5-7-16(13)31(29,30)25-18)21(28)26(20)11-12-8-9-15(24)14(23)10-12/h4-10,20,27H,11H2,1-3H3/t20-/m1/s1. The first-order valence-corrected chi connectivity index (χ1v) is 11.8. The van der Waals surface area contributed by atoms with Gasteiger partial charge in [0.05, 0.1) is 15.4 Å². The van der Waals surface area contributed by atoms with Crippen LogP contribution >= 0.6 is 15.9 Å². The van der Waals surface area contributed by atoms with Gasteiger partial charge in [-0.1, -0.05) is 45.0 Å². The lowest BCUT2D eigenvalue weighted by molar-refractivity contribution is -0.129. The number of amides is 1. The molecule has 0 radical (unpaired) electrons. The van der Waals surface area contributed by atoms with Crippen molar-refractivity contribution in [1.29, 1.82) is 0 Å². The molecule has 1 N–H and O–H groups in total. The Bertz CT molecular complexity index is 1280. The van der Waals surface area contributed by atoms with Gasteiger partial charge in [-0.3, -0.25) is 4.79 Å². The molecular formula is C22H20BrFN2O4S. The molecule has 0 fully saturated rings. The lowest BCUT2D eigenvalue weighted by Gasteiger charge is -2.35. The van der Waals surface area contributed by atoms with E-state index in [1.165, 1.54) is 17.0 Å². The molecule has 162 valence electrons. The number of aliphatic hydroxyl groups is 1. The molecule has 0 spiro atoms. The van der Waals surface area contributed by atoms with E-state index < -0.39 is 33.2 Å². The summed E-state index contributed by atoms with van der Waals surface area (Å²) in [6.45, 7) is 5.73. The molecule has 2 aliphatic heterocycles. The zero-order chi connectivity index (χ0) is 22.7. The summed E-state index contributed by atoms with van der Waals surface area (Å²) in [4.78, 5) is 15.0. The Balaban J connectivity index is 1.82. The maximum absolute atomic E-state index is 13.6. The van der Waals surface area contributed by atoms with Gasteiger partial charge in [-0.05, 0) is 45.1 Å². The van der Waals surface area contributed by atoms with Gasteiger partial charge < -0.3 is 10.0 Å². The average molecular weight is 507 g/mol. The van der Waals surface area contributed by atoms with Crippen LogP contribution in [0.25, 0.3) is 0 Å². The van der Waals surface area contributed by atoms with Gasteiger partial charge in [0, 0.05) is 12.1 Å². The Hall–Kier alpha value is -2.52. The summed E-state index contributed by atoms with van der Waals surface area (Å²) in [7, 11) is -3.95. The van der Waals surface area contributed by atoms with Crippen LogP contribution < -0.4 is 0 Å². The van der Waals surface area contributed by atoms with E-state index in [-0.39, 0.29) is 38.5 Å². The van der Waals surface area contributed by atoms with E-state index in [0.29, 0.717) is 5.56 Å². The number of rotatable bonds is 3. The van der Waals surface area contributed by atoms with Crippen LogP contribution in [0.5, 0.6) is 0 Å². The van der Waals surface area contributed by atoms with Crippen LogP contribution in [0, 0.1) is 11.2 Å². The second kappa shape index (κ2) is 7.27. The van der Waals surface area contributed by atoms with E-state index in [9.17, 15) is 22.7 Å². The topological polar surface area (TPSA) is 87.0 Å². The van der Waals surface area contributed by atoms with E-state index in [2.05, 4.69) is 20.3 Å². The molecule has 0 saturated carbocycles. The Morgan fingerprint density at radius 3 is 2.52 bits per heavy atom. The van der Waals surface area contributed by atoms with E-state index in [0.717, 1.165) is 0 Å². The minimum Gasteiger partial charge on any atom is -0.509 e. The van der Waals surface area contributed by atoms with Crippen molar-refractivity contribution in [3.8, 4) is 0 Å². The molecular weight excluding hydrogens is 487 g/mol. The number of fused-ring (bicyclic) bond motifs is 1. The minimum absolute atomic E-state index is 0.00586. The van der Waals surface area contributed by atoms with Crippen molar-refractivity contribution in [2.75, 3.05) is 0 Å². The number of aliphatic hydroxyl groups excluding tert-OH is 1. The monoisotopic (exact) mass is 506 g/mol. The minimum atomic E-state index is -3.95. The summed E-state index contributed by atoms with van der Waals surface area (Å²) in [6.07, 6.45) is 0. The molecule has 0 aliphatic carbocycles. The van der Waals surface area contributed by atoms with Crippen molar-refractivity contribution in [1.82, 2.24) is 4.90 Å². The van der Waals surface area contributed by atoms with Crippen LogP contribution in [-0.2, 0) is 21.4 Å². The number of hydrogen-bond acceptors (Lipinski definition) is 4. The van der Waals surface area contributed by atoms with Gasteiger partial charge in [-0.15, -0.1) is 0 Å². The Morgan fingerprint density at radius 2 is 1.87 bits per heavy atom. The molecule has 2 heterocycles. The molecule has 9 heteroatoms. The fourth-order valence-corrected chi connectivity index (χ4v) is 5.69. The third kappa shape index (κ3) is 3.59. The molecule has 2 aromatic rings. The molecule has 0 bridgehead atoms. The Labute approximate surface area is 188 Å². The number of benzene rings is 2. The second-order valence-corrected chi connectivity index (χ2v) is 11.0. The van der Waals surface area contributed by atoms with Crippen LogP contribution in [0.15, 0.2) is 67.6 Å². The summed E-state index contributed by atoms with van der Waals surface area (Å²) < 4.78 is 42.7. The highest BCUT2D eigenvalue weighted by Crippen LogP contribution is 2.41. The smallest absolute Gasteiger partial charge is 0.283 e. The molecule has 1 amide bonds. The van der Waals surface area contributed by atoms with E-state index in [1.54, 1.807) is 30.3 Å². The van der Waals surface area contributed by atoms with Gasteiger partial charge >= 0.3 is 0 Å². The summed E-state index contributed by atoms with van der Waals surface area (Å²) in [5.41, 5.74) is 0.226. The van der Waals surface area contributed by atoms with Crippen LogP contribution in [-0.4, -0.2) is 36.1 Å². The molecule has 0 saturated heterocycles. The third-order valence-corrected chi connectivity index (χ3v) is 7.27. The molecule has 4 rings (SSSR count). The number of halogens is 2. The quantitative estimate of drug-likeness (QED) is 0.670. The van der Waals surface area contributed by atoms with Crippen LogP contribution in [0.2, 0.25) is 0 Å². The highest BCUT2D eigenvalue weighted by Gasteiger charge is 2.48. The van der Waals surface area contributed by atoms with Crippen molar-refractivity contribution < 1.29 is 22.7 Å². The fourth-order valence-electron chi connectivity index (χ4n) is 4.04. The first-order valence-electron chi connectivity index (χ1n) is 9.54. The maximum Gasteiger partial charge on any atom is 0.283 e. The lowest BCUT2D eigenvalue weighted by atomic mass is 9.84. The van der Waals surface area contributed by atoms with Crippen LogP contribution in [0.4, 0.5) is 4.39 Å². The zero-order valence-electron chi connectivity index (χ0n) is 17.1. The second-order valence-electron chi connectivity index (χ2n) is 8.62. The fraction of sp³-hybridized carbons (Fsp3) is 0.273. The molecule has 2 aromatic carbocycles. The maximum atomic E-state index is 13.6. The number of nitrogens with zero attached hydrogens (tertiary/aromatic N) is 2. The first-order chi connectivity index (χ1) is 14.4. The normalized spacial score (nSPS) is 20.3. The van der Waals surface area contributed by atoms with Crippen molar-refractivity contribution in [3.05, 3.63) is 75.2 Å². The van der Waals surface area contributed by atoms with Gasteiger partial charge in [0.1, 0.15) is 22.9 Å². The molecule has 1 atom stereocenters. The van der Waals surface area contributed by atoms with E-state index in [1.807, 2.05) is 20.8 Å². The number of carbonyl (C=O) groups is 1. The summed E-state index contributed by atoms with van der Waals surface area (Å²) in [6, 6.07) is 9.95. The van der Waals surface area contributed by atoms with Crippen molar-refractivity contribution in [3.63, 3.8) is 0 Å². The zero-order valence-corrected chi connectivity index (χ0v) is 19.5. The van der Waals surface area contributed by atoms with Gasteiger partial charge in [0.15, 0.2) is 0 Å². The van der Waals surface area contributed by atoms with Crippen molar-refractivity contribution >= 4 is 37.6 Å². The molecule has 6 nitrogen and oxygen atoms in total. The highest BCUT2D eigenvalue weighted by atomic mass is 79.9. The van der Waals surface area contributed by atoms with Gasteiger partial charge in [-0.25, -0.2) is 4.39 Å². The molecule has 31 heavy (non-hydrogen) atoms. The predicted molar refractivity (Wildman–Crippen MR) is 118 cm³/mol. The largest absolute Gasteiger partial charge is 0.509 e. The van der Waals surface area contributed by atoms with Crippen LogP contribution in [0.3, 0.4) is 0 Å². The van der Waals surface area contributed by atoms with Crippen molar-refractivity contribution in [2.24, 2.45) is 9.81 Å². The van der Waals surface area contributed by atoms with E-state index >= 15 is 0 Å². The third-order valence-electron chi connectivity index (χ3n) is 5.33. The van der Waals surface area contributed by atoms with Gasteiger partial charge in [0.2, 0.25) is 0 Å². The summed E-state index contributed by atoms with van der Waals surface area (Å²) >= 11 is 3.15.